The van der Waals surface area contributed by atoms with Crippen LogP contribution in [0.5, 0.6) is 0 Å². The van der Waals surface area contributed by atoms with Crippen LogP contribution in [0.4, 0.5) is 15.9 Å². The van der Waals surface area contributed by atoms with Gasteiger partial charge in [-0.15, -0.1) is 0 Å². The lowest BCUT2D eigenvalue weighted by atomic mass is 10.1. The average molecular weight is 369 g/mol. The summed E-state index contributed by atoms with van der Waals surface area (Å²) in [7, 11) is 0. The van der Waals surface area contributed by atoms with Crippen LogP contribution in [-0.2, 0) is 0 Å². The van der Waals surface area contributed by atoms with Gasteiger partial charge in [0.25, 0.3) is 5.91 Å². The normalized spacial score (nSPS) is 10.5. The number of thioether (sulfide) groups is 1. The molecule has 0 saturated carbocycles. The third-order valence-electron chi connectivity index (χ3n) is 3.12. The van der Waals surface area contributed by atoms with E-state index in [-0.39, 0.29) is 34.3 Å². The first-order valence-electron chi connectivity index (χ1n) is 6.88. The predicted octanol–water partition coefficient (Wildman–Crippen LogP) is 3.43. The van der Waals surface area contributed by atoms with Gasteiger partial charge in [0, 0.05) is 12.1 Å². The van der Waals surface area contributed by atoms with Gasteiger partial charge in [-0.3, -0.25) is 9.59 Å². The van der Waals surface area contributed by atoms with Gasteiger partial charge in [-0.2, -0.15) is 0 Å². The number of Topliss-reactive ketones (excluding diaryl/α,β-unsaturated/α-hetero) is 1. The fraction of sp³-hybridized carbons (Fsp3) is 0.200. The number of primary amides is 1. The van der Waals surface area contributed by atoms with Crippen molar-refractivity contribution < 1.29 is 14.0 Å². The standard InChI is InChI=1S/C15H14ClFN4O2S/c1-3-10(22)8-6-7(4-5-9(8)17)19-14-11(13(18)23)12(16)20-15(21-14)24-2/h4-6H,3H2,1-2H3,(H2,18,23)(H,19,20,21). The van der Waals surface area contributed by atoms with Gasteiger partial charge in [-0.1, -0.05) is 30.3 Å². The van der Waals surface area contributed by atoms with Crippen LogP contribution < -0.4 is 11.1 Å². The Labute approximate surface area is 147 Å². The number of benzene rings is 1. The zero-order valence-corrected chi connectivity index (χ0v) is 14.5. The number of carbonyl (C=O) groups excluding carboxylic acids is 2. The second-order valence-corrected chi connectivity index (χ2v) is 5.82. The lowest BCUT2D eigenvalue weighted by Gasteiger charge is -2.12. The van der Waals surface area contributed by atoms with Gasteiger partial charge in [-0.25, -0.2) is 14.4 Å². The molecule has 6 nitrogen and oxygen atoms in total. The van der Waals surface area contributed by atoms with Crippen molar-refractivity contribution in [3.63, 3.8) is 0 Å². The van der Waals surface area contributed by atoms with E-state index >= 15 is 0 Å². The van der Waals surface area contributed by atoms with Gasteiger partial charge in [0.15, 0.2) is 10.9 Å². The minimum atomic E-state index is -0.804. The Hall–Kier alpha value is -2.19. The topological polar surface area (TPSA) is 98.0 Å². The number of rotatable bonds is 6. The zero-order valence-electron chi connectivity index (χ0n) is 12.9. The molecule has 0 fully saturated rings. The first-order valence-corrected chi connectivity index (χ1v) is 8.48. The van der Waals surface area contributed by atoms with E-state index < -0.39 is 11.7 Å². The lowest BCUT2D eigenvalue weighted by Crippen LogP contribution is -2.16. The molecule has 0 radical (unpaired) electrons. The van der Waals surface area contributed by atoms with Crippen LogP contribution in [0.1, 0.15) is 34.1 Å². The maximum Gasteiger partial charge on any atom is 0.255 e. The number of hydrogen-bond donors (Lipinski definition) is 2. The summed E-state index contributed by atoms with van der Waals surface area (Å²) in [4.78, 5) is 31.5. The Morgan fingerprint density at radius 3 is 2.67 bits per heavy atom. The van der Waals surface area contributed by atoms with Crippen molar-refractivity contribution in [1.29, 1.82) is 0 Å². The van der Waals surface area contributed by atoms with Crippen molar-refractivity contribution in [1.82, 2.24) is 9.97 Å². The Morgan fingerprint density at radius 1 is 1.38 bits per heavy atom. The third kappa shape index (κ3) is 3.82. The number of nitrogens with one attached hydrogen (secondary N) is 1. The van der Waals surface area contributed by atoms with E-state index in [1.807, 2.05) is 0 Å². The average Bonchev–Trinajstić information content (AvgIpc) is 2.54. The van der Waals surface area contributed by atoms with Crippen LogP contribution in [0.15, 0.2) is 23.4 Å². The molecule has 0 bridgehead atoms. The van der Waals surface area contributed by atoms with Crippen LogP contribution in [-0.4, -0.2) is 27.9 Å². The van der Waals surface area contributed by atoms with E-state index in [0.717, 1.165) is 6.07 Å². The van der Waals surface area contributed by atoms with Crippen molar-refractivity contribution in [2.75, 3.05) is 11.6 Å². The highest BCUT2D eigenvalue weighted by atomic mass is 35.5. The van der Waals surface area contributed by atoms with Crippen LogP contribution in [0.3, 0.4) is 0 Å². The minimum absolute atomic E-state index is 0.0478. The SMILES string of the molecule is CCC(=O)c1cc(Nc2nc(SC)nc(Cl)c2C(N)=O)ccc1F. The second-order valence-electron chi connectivity index (χ2n) is 4.69. The van der Waals surface area contributed by atoms with E-state index in [0.29, 0.717) is 10.8 Å². The first-order chi connectivity index (χ1) is 11.4. The van der Waals surface area contributed by atoms with E-state index in [4.69, 9.17) is 17.3 Å². The third-order valence-corrected chi connectivity index (χ3v) is 3.95. The van der Waals surface area contributed by atoms with Crippen molar-refractivity contribution in [3.8, 4) is 0 Å². The Morgan fingerprint density at radius 2 is 2.08 bits per heavy atom. The molecule has 1 aromatic heterocycles. The second kappa shape index (κ2) is 7.59. The quantitative estimate of drug-likeness (QED) is 0.351. The molecule has 0 saturated heterocycles. The molecule has 1 heterocycles. The van der Waals surface area contributed by atoms with Crippen molar-refractivity contribution in [2.24, 2.45) is 5.73 Å². The summed E-state index contributed by atoms with van der Waals surface area (Å²) in [6, 6.07) is 3.93. The highest BCUT2D eigenvalue weighted by Crippen LogP contribution is 2.27. The summed E-state index contributed by atoms with van der Waals surface area (Å²) in [6.07, 6.45) is 1.91. The Bertz CT molecular complexity index is 816. The van der Waals surface area contributed by atoms with Crippen LogP contribution >= 0.6 is 23.4 Å². The van der Waals surface area contributed by atoms with Crippen molar-refractivity contribution in [2.45, 2.75) is 18.5 Å². The molecule has 2 aromatic rings. The molecule has 0 atom stereocenters. The van der Waals surface area contributed by atoms with Crippen molar-refractivity contribution >= 4 is 46.6 Å². The molecular formula is C15H14ClFN4O2S. The molecule has 24 heavy (non-hydrogen) atoms. The van der Waals surface area contributed by atoms with E-state index in [1.165, 1.54) is 23.9 Å². The number of carbonyl (C=O) groups is 2. The number of ketones is 1. The number of nitrogens with two attached hydrogens (primary N) is 1. The highest BCUT2D eigenvalue weighted by molar-refractivity contribution is 7.98. The lowest BCUT2D eigenvalue weighted by molar-refractivity contribution is 0.0980. The molecule has 0 aliphatic carbocycles. The largest absolute Gasteiger partial charge is 0.365 e. The number of hydrogen-bond acceptors (Lipinski definition) is 6. The van der Waals surface area contributed by atoms with Crippen LogP contribution in [0.2, 0.25) is 5.15 Å². The van der Waals surface area contributed by atoms with Gasteiger partial charge in [0.1, 0.15) is 22.4 Å². The Kier molecular flexibility index (Phi) is 5.74. The van der Waals surface area contributed by atoms with Crippen LogP contribution in [0.25, 0.3) is 0 Å². The smallest absolute Gasteiger partial charge is 0.255 e. The van der Waals surface area contributed by atoms with E-state index in [1.54, 1.807) is 13.2 Å². The maximum absolute atomic E-state index is 13.8. The molecule has 1 amide bonds. The summed E-state index contributed by atoms with van der Waals surface area (Å²) in [5.41, 5.74) is 5.56. The number of halogens is 2. The van der Waals surface area contributed by atoms with Gasteiger partial charge in [0.2, 0.25) is 0 Å². The molecule has 0 spiro atoms. The molecule has 9 heteroatoms. The van der Waals surface area contributed by atoms with Crippen molar-refractivity contribution in [3.05, 3.63) is 40.3 Å². The van der Waals surface area contributed by atoms with Crippen LogP contribution in [0, 0.1) is 5.82 Å². The molecule has 3 N–H and O–H groups in total. The summed E-state index contributed by atoms with van der Waals surface area (Å²) in [5, 5.41) is 3.09. The fourth-order valence-corrected chi connectivity index (χ4v) is 2.64. The summed E-state index contributed by atoms with van der Waals surface area (Å²) < 4.78 is 13.8. The number of amides is 1. The highest BCUT2D eigenvalue weighted by Gasteiger charge is 2.19. The van der Waals surface area contributed by atoms with Gasteiger partial charge < -0.3 is 11.1 Å². The van der Waals surface area contributed by atoms with Gasteiger partial charge in [0.05, 0.1) is 5.56 Å². The van der Waals surface area contributed by atoms with E-state index in [2.05, 4.69) is 15.3 Å². The summed E-state index contributed by atoms with van der Waals surface area (Å²) in [5.74, 6) is -1.67. The monoisotopic (exact) mass is 368 g/mol. The molecular weight excluding hydrogens is 355 g/mol. The predicted molar refractivity (Wildman–Crippen MR) is 91.6 cm³/mol. The van der Waals surface area contributed by atoms with E-state index in [9.17, 15) is 14.0 Å². The zero-order chi connectivity index (χ0) is 17.9. The molecule has 0 aliphatic rings. The first kappa shape index (κ1) is 18.2. The fourth-order valence-electron chi connectivity index (χ4n) is 1.96. The molecule has 126 valence electrons. The maximum atomic E-state index is 13.8. The molecule has 0 aliphatic heterocycles. The molecule has 1 aromatic carbocycles. The number of aromatic nitrogens is 2. The number of anilines is 2. The number of nitrogens with zero attached hydrogens (tertiary/aromatic N) is 2. The molecule has 0 unspecified atom stereocenters. The molecule has 2 rings (SSSR count). The summed E-state index contributed by atoms with van der Waals surface area (Å²) in [6.45, 7) is 1.64. The minimum Gasteiger partial charge on any atom is -0.365 e. The Balaban J connectivity index is 2.49. The van der Waals surface area contributed by atoms with Gasteiger partial charge in [-0.05, 0) is 24.5 Å². The summed E-state index contributed by atoms with van der Waals surface area (Å²) >= 11 is 7.21. The van der Waals surface area contributed by atoms with Gasteiger partial charge >= 0.3 is 0 Å².